The van der Waals surface area contributed by atoms with E-state index in [9.17, 15) is 22.8 Å². The molecule has 0 aliphatic rings. The molecule has 0 fully saturated rings. The number of carbonyl (C=O) groups is 2. The van der Waals surface area contributed by atoms with Crippen LogP contribution in [0.1, 0.15) is 61.0 Å². The summed E-state index contributed by atoms with van der Waals surface area (Å²) in [6, 6.07) is 6.10. The lowest BCUT2D eigenvalue weighted by molar-refractivity contribution is -0.185. The zero-order valence-corrected chi connectivity index (χ0v) is 19.9. The first-order valence-corrected chi connectivity index (χ1v) is 10.7. The van der Waals surface area contributed by atoms with Gasteiger partial charge in [-0.1, -0.05) is 17.3 Å². The largest absolute Gasteiger partial charge is 0.401 e. The van der Waals surface area contributed by atoms with Crippen LogP contribution in [-0.4, -0.2) is 32.9 Å². The van der Waals surface area contributed by atoms with Crippen molar-refractivity contribution in [1.29, 1.82) is 0 Å². The number of alkyl halides is 3. The van der Waals surface area contributed by atoms with Crippen LogP contribution in [0.15, 0.2) is 28.8 Å². The van der Waals surface area contributed by atoms with Gasteiger partial charge in [0.1, 0.15) is 22.5 Å². The number of aromatic nitrogens is 3. The highest BCUT2D eigenvalue weighted by molar-refractivity contribution is 6.03. The van der Waals surface area contributed by atoms with Gasteiger partial charge in [0.05, 0.1) is 6.42 Å². The minimum absolute atomic E-state index is 0.0672. The highest BCUT2D eigenvalue weighted by Crippen LogP contribution is 2.41. The highest BCUT2D eigenvalue weighted by atomic mass is 19.4. The summed E-state index contributed by atoms with van der Waals surface area (Å²) >= 11 is 0. The number of anilines is 2. The van der Waals surface area contributed by atoms with E-state index in [1.807, 2.05) is 13.8 Å². The molecule has 5 N–H and O–H groups in total. The SMILES string of the molecule is Cc1cc(-c2nn(C(C)C)c(N)c2C(N)=O)ccc1CC(=O)Nc1cc(C(C)(C)C(F)(F)F)on1. The zero-order valence-electron chi connectivity index (χ0n) is 19.9. The van der Waals surface area contributed by atoms with Gasteiger partial charge in [0.15, 0.2) is 11.6 Å². The predicted molar refractivity (Wildman–Crippen MR) is 124 cm³/mol. The first-order valence-electron chi connectivity index (χ1n) is 10.7. The summed E-state index contributed by atoms with van der Waals surface area (Å²) in [4.78, 5) is 24.5. The van der Waals surface area contributed by atoms with Gasteiger partial charge in [0.2, 0.25) is 5.91 Å². The number of carbonyl (C=O) groups excluding carboxylic acids is 2. The van der Waals surface area contributed by atoms with Gasteiger partial charge in [0, 0.05) is 17.7 Å². The standard InChI is InChI=1S/C23H27F3N6O3/c1-11(2)32-20(27)18(21(28)34)19(30-32)14-7-6-13(12(3)8-14)9-17(33)29-16-10-15(35-31-16)22(4,5)23(24,25)26/h6-8,10-11H,9,27H2,1-5H3,(H2,28,34)(H,29,31,33). The van der Waals surface area contributed by atoms with Crippen molar-refractivity contribution in [2.24, 2.45) is 5.73 Å². The Morgan fingerprint density at radius 3 is 2.40 bits per heavy atom. The monoisotopic (exact) mass is 492 g/mol. The Labute approximate surface area is 199 Å². The predicted octanol–water partition coefficient (Wildman–Crippen LogP) is 4.13. The number of nitrogens with one attached hydrogen (secondary N) is 1. The second-order valence-electron chi connectivity index (χ2n) is 9.08. The van der Waals surface area contributed by atoms with E-state index in [1.54, 1.807) is 25.1 Å². The Morgan fingerprint density at radius 1 is 1.20 bits per heavy atom. The number of halogens is 3. The minimum Gasteiger partial charge on any atom is -0.383 e. The molecule has 0 spiro atoms. The molecular weight excluding hydrogens is 465 g/mol. The van der Waals surface area contributed by atoms with Gasteiger partial charge in [-0.3, -0.25) is 9.59 Å². The average molecular weight is 493 g/mol. The molecule has 12 heteroatoms. The maximum Gasteiger partial charge on any atom is 0.401 e. The lowest BCUT2D eigenvalue weighted by Crippen LogP contribution is -2.35. The number of primary amides is 1. The number of nitrogens with zero attached hydrogens (tertiary/aromatic N) is 3. The van der Waals surface area contributed by atoms with Crippen molar-refractivity contribution in [3.63, 3.8) is 0 Å². The van der Waals surface area contributed by atoms with Gasteiger partial charge in [-0.2, -0.15) is 18.3 Å². The van der Waals surface area contributed by atoms with Crippen molar-refractivity contribution in [2.75, 3.05) is 11.1 Å². The summed E-state index contributed by atoms with van der Waals surface area (Å²) in [5.41, 5.74) is 11.8. The summed E-state index contributed by atoms with van der Waals surface area (Å²) in [6.45, 7) is 7.44. The lowest BCUT2D eigenvalue weighted by Gasteiger charge is -2.24. The maximum absolute atomic E-state index is 13.2. The van der Waals surface area contributed by atoms with Crippen molar-refractivity contribution in [3.8, 4) is 11.3 Å². The van der Waals surface area contributed by atoms with Crippen molar-refractivity contribution >= 4 is 23.5 Å². The number of nitrogens with two attached hydrogens (primary N) is 2. The van der Waals surface area contributed by atoms with Crippen LogP contribution in [0.3, 0.4) is 0 Å². The van der Waals surface area contributed by atoms with Gasteiger partial charge in [-0.15, -0.1) is 0 Å². The van der Waals surface area contributed by atoms with Crippen molar-refractivity contribution < 1.29 is 27.3 Å². The maximum atomic E-state index is 13.2. The van der Waals surface area contributed by atoms with Crippen LogP contribution in [0, 0.1) is 6.92 Å². The van der Waals surface area contributed by atoms with E-state index in [4.69, 9.17) is 16.0 Å². The summed E-state index contributed by atoms with van der Waals surface area (Å²) in [5, 5.41) is 10.4. The van der Waals surface area contributed by atoms with E-state index in [2.05, 4.69) is 15.6 Å². The first-order chi connectivity index (χ1) is 16.1. The minimum atomic E-state index is -4.54. The number of rotatable bonds is 7. The molecule has 2 heterocycles. The second-order valence-corrected chi connectivity index (χ2v) is 9.08. The van der Waals surface area contributed by atoms with E-state index < -0.39 is 29.2 Å². The number of aryl methyl sites for hydroxylation is 1. The lowest BCUT2D eigenvalue weighted by atomic mass is 9.89. The molecule has 35 heavy (non-hydrogen) atoms. The summed E-state index contributed by atoms with van der Waals surface area (Å²) < 4.78 is 45.9. The van der Waals surface area contributed by atoms with E-state index in [-0.39, 0.29) is 29.7 Å². The van der Waals surface area contributed by atoms with Crippen LogP contribution in [0.5, 0.6) is 0 Å². The molecule has 0 saturated heterocycles. The van der Waals surface area contributed by atoms with Crippen molar-refractivity contribution in [1.82, 2.24) is 14.9 Å². The molecule has 0 aliphatic carbocycles. The molecule has 0 unspecified atom stereocenters. The molecule has 3 aromatic rings. The fourth-order valence-electron chi connectivity index (χ4n) is 3.46. The third-order valence-corrected chi connectivity index (χ3v) is 5.75. The van der Waals surface area contributed by atoms with Crippen molar-refractivity contribution in [2.45, 2.75) is 58.7 Å². The highest BCUT2D eigenvalue weighted by Gasteiger charge is 2.51. The van der Waals surface area contributed by atoms with Gasteiger partial charge < -0.3 is 21.3 Å². The summed E-state index contributed by atoms with van der Waals surface area (Å²) in [7, 11) is 0. The number of nitrogen functional groups attached to an aromatic ring is 1. The van der Waals surface area contributed by atoms with Crippen LogP contribution >= 0.6 is 0 Å². The Morgan fingerprint density at radius 2 is 1.86 bits per heavy atom. The Bertz CT molecular complexity index is 1270. The number of hydrogen-bond donors (Lipinski definition) is 3. The second kappa shape index (κ2) is 9.08. The van der Waals surface area contributed by atoms with Gasteiger partial charge >= 0.3 is 6.18 Å². The first kappa shape index (κ1) is 25.8. The third kappa shape index (κ3) is 5.00. The smallest absolute Gasteiger partial charge is 0.383 e. The molecule has 2 aromatic heterocycles. The molecular formula is C23H27F3N6O3. The molecule has 2 amide bonds. The molecule has 0 atom stereocenters. The Kier molecular flexibility index (Phi) is 6.69. The molecule has 188 valence electrons. The van der Waals surface area contributed by atoms with E-state index >= 15 is 0 Å². The number of benzene rings is 1. The molecule has 0 aliphatic heterocycles. The topological polar surface area (TPSA) is 142 Å². The van der Waals surface area contributed by atoms with Gasteiger partial charge in [-0.25, -0.2) is 4.68 Å². The molecule has 1 aromatic carbocycles. The van der Waals surface area contributed by atoms with Crippen LogP contribution in [0.25, 0.3) is 11.3 Å². The van der Waals surface area contributed by atoms with E-state index in [0.717, 1.165) is 25.5 Å². The normalized spacial score (nSPS) is 12.3. The van der Waals surface area contributed by atoms with Gasteiger partial charge in [-0.05, 0) is 51.8 Å². The zero-order chi connectivity index (χ0) is 26.3. The van der Waals surface area contributed by atoms with Crippen molar-refractivity contribution in [3.05, 3.63) is 46.7 Å². The van der Waals surface area contributed by atoms with Gasteiger partial charge in [0.25, 0.3) is 5.91 Å². The molecule has 0 saturated carbocycles. The van der Waals surface area contributed by atoms with E-state index in [0.29, 0.717) is 16.8 Å². The van der Waals surface area contributed by atoms with E-state index in [1.165, 1.54) is 4.68 Å². The fourth-order valence-corrected chi connectivity index (χ4v) is 3.46. The summed E-state index contributed by atoms with van der Waals surface area (Å²) in [5.74, 6) is -1.55. The van der Waals surface area contributed by atoms with Crippen LogP contribution in [0.4, 0.5) is 24.8 Å². The fraction of sp³-hybridized carbons (Fsp3) is 0.391. The number of hydrogen-bond acceptors (Lipinski definition) is 6. The Hall–Kier alpha value is -3.83. The third-order valence-electron chi connectivity index (χ3n) is 5.75. The van der Waals surface area contributed by atoms with Crippen LogP contribution < -0.4 is 16.8 Å². The van der Waals surface area contributed by atoms with Crippen LogP contribution in [-0.2, 0) is 16.6 Å². The molecule has 0 bridgehead atoms. The molecule has 3 rings (SSSR count). The Balaban J connectivity index is 1.80. The molecule has 9 nitrogen and oxygen atoms in total. The number of amides is 2. The average Bonchev–Trinajstić information content (AvgIpc) is 3.33. The quantitative estimate of drug-likeness (QED) is 0.453. The van der Waals surface area contributed by atoms with Crippen LogP contribution in [0.2, 0.25) is 0 Å². The summed E-state index contributed by atoms with van der Waals surface area (Å²) in [6.07, 6.45) is -4.61. The molecule has 0 radical (unpaired) electrons.